The summed E-state index contributed by atoms with van der Waals surface area (Å²) in [7, 11) is 1.19. The lowest BCUT2D eigenvalue weighted by atomic mass is 10.2. The van der Waals surface area contributed by atoms with Crippen LogP contribution in [0.5, 0.6) is 5.75 Å². The molecule has 8 heteroatoms. The van der Waals surface area contributed by atoms with Crippen LogP contribution in [0.25, 0.3) is 11.0 Å². The Hall–Kier alpha value is -1.63. The molecule has 2 aromatic rings. The maximum atomic E-state index is 13.3. The Morgan fingerprint density at radius 1 is 1.17 bits per heavy atom. The average molecular weight is 281 g/mol. The number of ether oxygens (including phenoxy) is 1. The van der Waals surface area contributed by atoms with Gasteiger partial charge in [0.15, 0.2) is 22.4 Å². The summed E-state index contributed by atoms with van der Waals surface area (Å²) in [6.07, 6.45) is -4.72. The van der Waals surface area contributed by atoms with Gasteiger partial charge in [-0.2, -0.15) is 13.2 Å². The first-order valence-electron chi connectivity index (χ1n) is 4.61. The van der Waals surface area contributed by atoms with E-state index in [9.17, 15) is 17.6 Å². The Labute approximate surface area is 103 Å². The highest BCUT2D eigenvalue weighted by Crippen LogP contribution is 2.34. The van der Waals surface area contributed by atoms with Crippen LogP contribution in [0.15, 0.2) is 12.1 Å². The highest BCUT2D eigenvalue weighted by molar-refractivity contribution is 6.30. The summed E-state index contributed by atoms with van der Waals surface area (Å²) in [5.74, 6) is -0.970. The minimum atomic E-state index is -4.72. The van der Waals surface area contributed by atoms with Gasteiger partial charge in [0, 0.05) is 12.1 Å². The first-order chi connectivity index (χ1) is 8.32. The topological polar surface area (TPSA) is 35.0 Å². The van der Waals surface area contributed by atoms with Gasteiger partial charge in [-0.3, -0.25) is 0 Å². The van der Waals surface area contributed by atoms with Crippen LogP contribution in [0, 0.1) is 5.82 Å². The van der Waals surface area contributed by atoms with E-state index in [4.69, 9.17) is 11.6 Å². The molecule has 0 saturated heterocycles. The van der Waals surface area contributed by atoms with Crippen LogP contribution < -0.4 is 4.74 Å². The largest absolute Gasteiger partial charge is 0.494 e. The van der Waals surface area contributed by atoms with Crippen LogP contribution in [-0.4, -0.2) is 17.1 Å². The third-order valence-electron chi connectivity index (χ3n) is 2.16. The van der Waals surface area contributed by atoms with Crippen LogP contribution in [0.2, 0.25) is 5.15 Å². The third-order valence-corrected chi connectivity index (χ3v) is 2.43. The molecule has 0 radical (unpaired) electrons. The highest BCUT2D eigenvalue weighted by Gasteiger charge is 2.36. The number of halogens is 5. The summed E-state index contributed by atoms with van der Waals surface area (Å²) in [6, 6.07) is 1.94. The minimum Gasteiger partial charge on any atom is -0.494 e. The first kappa shape index (κ1) is 12.8. The monoisotopic (exact) mass is 280 g/mol. The van der Waals surface area contributed by atoms with E-state index in [1.165, 1.54) is 7.11 Å². The molecule has 0 amide bonds. The molecule has 0 N–H and O–H groups in total. The van der Waals surface area contributed by atoms with Crippen molar-refractivity contribution in [2.45, 2.75) is 6.18 Å². The summed E-state index contributed by atoms with van der Waals surface area (Å²) in [4.78, 5) is 6.80. The molecule has 0 unspecified atom stereocenters. The molecule has 0 aliphatic carbocycles. The van der Waals surface area contributed by atoms with E-state index in [2.05, 4.69) is 14.7 Å². The summed E-state index contributed by atoms with van der Waals surface area (Å²) in [6.45, 7) is 0. The number of aromatic nitrogens is 2. The Morgan fingerprint density at radius 2 is 1.78 bits per heavy atom. The number of rotatable bonds is 1. The normalized spacial score (nSPS) is 11.9. The Morgan fingerprint density at radius 3 is 2.33 bits per heavy atom. The SMILES string of the molecule is COc1cc2nc(C(F)(F)F)c(Cl)nc2cc1F. The van der Waals surface area contributed by atoms with Gasteiger partial charge in [0.1, 0.15) is 0 Å². The van der Waals surface area contributed by atoms with E-state index in [0.717, 1.165) is 12.1 Å². The van der Waals surface area contributed by atoms with Crippen molar-refractivity contribution in [2.75, 3.05) is 7.11 Å². The molecule has 2 rings (SSSR count). The van der Waals surface area contributed by atoms with Gasteiger partial charge in [-0.1, -0.05) is 11.6 Å². The molecule has 1 aromatic carbocycles. The molecule has 0 aliphatic rings. The van der Waals surface area contributed by atoms with Crippen molar-refractivity contribution < 1.29 is 22.3 Å². The Kier molecular flexibility index (Phi) is 3.02. The molecule has 96 valence electrons. The molecule has 1 aromatic heterocycles. The standard InChI is InChI=1S/C10H5ClF4N2O/c1-18-7-3-6-5(2-4(7)12)17-9(11)8(16-6)10(13,14)15/h2-3H,1H3. The van der Waals surface area contributed by atoms with Crippen molar-refractivity contribution in [3.63, 3.8) is 0 Å². The van der Waals surface area contributed by atoms with Crippen LogP contribution in [0.4, 0.5) is 17.6 Å². The van der Waals surface area contributed by atoms with Crippen molar-refractivity contribution in [1.82, 2.24) is 9.97 Å². The predicted octanol–water partition coefficient (Wildman–Crippen LogP) is 3.45. The molecule has 1 heterocycles. The maximum absolute atomic E-state index is 13.3. The smallest absolute Gasteiger partial charge is 0.436 e. The molecule has 0 saturated carbocycles. The van der Waals surface area contributed by atoms with E-state index in [1.807, 2.05) is 0 Å². The molecular weight excluding hydrogens is 276 g/mol. The van der Waals surface area contributed by atoms with Crippen LogP contribution >= 0.6 is 11.6 Å². The maximum Gasteiger partial charge on any atom is 0.436 e. The molecule has 0 atom stereocenters. The second kappa shape index (κ2) is 4.24. The van der Waals surface area contributed by atoms with Crippen molar-refractivity contribution in [3.05, 3.63) is 28.8 Å². The zero-order valence-electron chi connectivity index (χ0n) is 8.85. The number of alkyl halides is 3. The first-order valence-corrected chi connectivity index (χ1v) is 4.98. The van der Waals surface area contributed by atoms with Gasteiger partial charge in [0.05, 0.1) is 18.1 Å². The number of fused-ring (bicyclic) bond motifs is 1. The number of hydrogen-bond acceptors (Lipinski definition) is 3. The summed E-state index contributed by atoms with van der Waals surface area (Å²) in [5, 5.41) is -0.820. The number of benzene rings is 1. The van der Waals surface area contributed by atoms with Gasteiger partial charge in [-0.05, 0) is 0 Å². The lowest BCUT2D eigenvalue weighted by Crippen LogP contribution is -2.10. The van der Waals surface area contributed by atoms with Crippen molar-refractivity contribution in [1.29, 1.82) is 0 Å². The lowest BCUT2D eigenvalue weighted by molar-refractivity contribution is -0.141. The van der Waals surface area contributed by atoms with E-state index < -0.39 is 22.8 Å². The summed E-state index contributed by atoms with van der Waals surface area (Å²) >= 11 is 5.37. The Bertz CT molecular complexity index is 615. The van der Waals surface area contributed by atoms with Crippen LogP contribution in [0.1, 0.15) is 5.69 Å². The molecule has 0 spiro atoms. The zero-order chi connectivity index (χ0) is 13.5. The van der Waals surface area contributed by atoms with E-state index >= 15 is 0 Å². The molecule has 18 heavy (non-hydrogen) atoms. The molecule has 0 bridgehead atoms. The van der Waals surface area contributed by atoms with Gasteiger partial charge in [0.2, 0.25) is 0 Å². The number of nitrogens with zero attached hydrogens (tertiary/aromatic N) is 2. The van der Waals surface area contributed by atoms with Crippen molar-refractivity contribution in [2.24, 2.45) is 0 Å². The van der Waals surface area contributed by atoms with Crippen molar-refractivity contribution >= 4 is 22.6 Å². The van der Waals surface area contributed by atoms with Crippen LogP contribution in [-0.2, 0) is 6.18 Å². The molecule has 3 nitrogen and oxygen atoms in total. The van der Waals surface area contributed by atoms with Crippen molar-refractivity contribution in [3.8, 4) is 5.75 Å². The number of methoxy groups -OCH3 is 1. The van der Waals surface area contributed by atoms with E-state index in [1.54, 1.807) is 0 Å². The Balaban J connectivity index is 2.74. The molecule has 0 aliphatic heterocycles. The van der Waals surface area contributed by atoms with Gasteiger partial charge < -0.3 is 4.74 Å². The lowest BCUT2D eigenvalue weighted by Gasteiger charge is -2.09. The molecular formula is C10H5ClF4N2O. The summed E-state index contributed by atoms with van der Waals surface area (Å²) in [5.41, 5.74) is -1.54. The molecule has 0 fully saturated rings. The third kappa shape index (κ3) is 2.17. The quantitative estimate of drug-likeness (QED) is 0.751. The van der Waals surface area contributed by atoms with Gasteiger partial charge >= 0.3 is 6.18 Å². The fraction of sp³-hybridized carbons (Fsp3) is 0.200. The second-order valence-electron chi connectivity index (χ2n) is 3.34. The second-order valence-corrected chi connectivity index (χ2v) is 3.69. The fourth-order valence-corrected chi connectivity index (χ4v) is 1.61. The van der Waals surface area contributed by atoms with Gasteiger partial charge in [0.25, 0.3) is 0 Å². The fourth-order valence-electron chi connectivity index (χ4n) is 1.37. The van der Waals surface area contributed by atoms with E-state index in [-0.39, 0.29) is 16.8 Å². The van der Waals surface area contributed by atoms with E-state index in [0.29, 0.717) is 0 Å². The van der Waals surface area contributed by atoms with Gasteiger partial charge in [-0.15, -0.1) is 0 Å². The average Bonchev–Trinajstić information content (AvgIpc) is 2.26. The van der Waals surface area contributed by atoms with Gasteiger partial charge in [-0.25, -0.2) is 14.4 Å². The van der Waals surface area contributed by atoms with Crippen LogP contribution in [0.3, 0.4) is 0 Å². The predicted molar refractivity (Wildman–Crippen MR) is 56.1 cm³/mol. The highest BCUT2D eigenvalue weighted by atomic mass is 35.5. The minimum absolute atomic E-state index is 0.0775. The number of hydrogen-bond donors (Lipinski definition) is 0. The summed E-state index contributed by atoms with van der Waals surface area (Å²) < 4.78 is 55.6. The zero-order valence-corrected chi connectivity index (χ0v) is 9.60.